The Morgan fingerprint density at radius 2 is 1.02 bits per heavy atom. The lowest BCUT2D eigenvalue weighted by Gasteiger charge is -2.61. The van der Waals surface area contributed by atoms with E-state index in [4.69, 9.17) is 0 Å². The third kappa shape index (κ3) is 5.58. The predicted molar refractivity (Wildman–Crippen MR) is 268 cm³/mol. The summed E-state index contributed by atoms with van der Waals surface area (Å²) in [6.07, 6.45) is 6.64. The van der Waals surface area contributed by atoms with E-state index in [0.717, 1.165) is 40.0 Å². The van der Waals surface area contributed by atoms with E-state index in [1.807, 2.05) is 0 Å². The smallest absolute Gasteiger partial charge is 0.0995 e. The van der Waals surface area contributed by atoms with Crippen molar-refractivity contribution in [2.24, 2.45) is 23.7 Å². The number of nitriles is 1. The lowest BCUT2D eigenvalue weighted by Crippen LogP contribution is -2.55. The first-order chi connectivity index (χ1) is 31.8. The van der Waals surface area contributed by atoms with E-state index in [-0.39, 0.29) is 10.8 Å². The second-order valence-corrected chi connectivity index (χ2v) is 20.5. The molecule has 6 aliphatic carbocycles. The zero-order chi connectivity index (χ0) is 43.6. The Morgan fingerprint density at radius 1 is 0.477 bits per heavy atom. The van der Waals surface area contributed by atoms with Gasteiger partial charge in [0.2, 0.25) is 0 Å². The Balaban J connectivity index is 0.974. The van der Waals surface area contributed by atoms with Gasteiger partial charge in [-0.3, -0.25) is 0 Å². The fraction of sp³-hybridized carbons (Fsp3) is 0.222. The van der Waals surface area contributed by atoms with Gasteiger partial charge in [-0.2, -0.15) is 5.26 Å². The van der Waals surface area contributed by atoms with Crippen molar-refractivity contribution in [2.75, 3.05) is 4.90 Å². The number of hydrogen-bond acceptors (Lipinski definition) is 2. The van der Waals surface area contributed by atoms with Crippen molar-refractivity contribution in [1.82, 2.24) is 0 Å². The minimum absolute atomic E-state index is 0.0485. The van der Waals surface area contributed by atoms with Crippen molar-refractivity contribution in [2.45, 2.75) is 63.7 Å². The van der Waals surface area contributed by atoms with Crippen LogP contribution in [0.2, 0.25) is 0 Å². The summed E-state index contributed by atoms with van der Waals surface area (Å²) in [6, 6.07) is 68.2. The predicted octanol–water partition coefficient (Wildman–Crippen LogP) is 16.4. The molecule has 0 saturated heterocycles. The highest BCUT2D eigenvalue weighted by Crippen LogP contribution is 2.70. The highest BCUT2D eigenvalue weighted by molar-refractivity contribution is 5.99. The van der Waals surface area contributed by atoms with Crippen LogP contribution in [0.4, 0.5) is 17.1 Å². The van der Waals surface area contributed by atoms with E-state index in [0.29, 0.717) is 11.8 Å². The third-order valence-corrected chi connectivity index (χ3v) is 16.7. The summed E-state index contributed by atoms with van der Waals surface area (Å²) in [5, 5.41) is 11.3. The molecule has 4 bridgehead atoms. The molecule has 0 aliphatic heterocycles. The monoisotopic (exact) mass is 836 g/mol. The highest BCUT2D eigenvalue weighted by atomic mass is 15.1. The molecule has 65 heavy (non-hydrogen) atoms. The van der Waals surface area contributed by atoms with E-state index in [1.165, 1.54) is 110 Å². The van der Waals surface area contributed by atoms with Crippen LogP contribution in [0, 0.1) is 41.9 Å². The highest BCUT2D eigenvalue weighted by Gasteiger charge is 2.62. The molecule has 1 spiro atoms. The van der Waals surface area contributed by atoms with Crippen LogP contribution >= 0.6 is 0 Å². The third-order valence-electron chi connectivity index (χ3n) is 16.7. The molecule has 0 amide bonds. The number of benzene rings is 8. The van der Waals surface area contributed by atoms with Gasteiger partial charge in [-0.25, -0.2) is 0 Å². The summed E-state index contributed by atoms with van der Waals surface area (Å²) in [6.45, 7) is 6.94. The van der Waals surface area contributed by atoms with E-state index >= 15 is 0 Å². The van der Waals surface area contributed by atoms with Gasteiger partial charge in [0.15, 0.2) is 0 Å². The quantitative estimate of drug-likeness (QED) is 0.167. The Bertz CT molecular complexity index is 3210. The van der Waals surface area contributed by atoms with Gasteiger partial charge in [0.05, 0.1) is 17.3 Å². The fourth-order valence-corrected chi connectivity index (χ4v) is 14.3. The minimum Gasteiger partial charge on any atom is -0.310 e. The van der Waals surface area contributed by atoms with Gasteiger partial charge >= 0.3 is 0 Å². The minimum atomic E-state index is -0.304. The van der Waals surface area contributed by atoms with Crippen LogP contribution in [0.1, 0.15) is 79.3 Å². The molecule has 0 N–H and O–H groups in total. The van der Waals surface area contributed by atoms with E-state index in [1.54, 1.807) is 0 Å². The van der Waals surface area contributed by atoms with E-state index < -0.39 is 0 Å². The van der Waals surface area contributed by atoms with Crippen LogP contribution in [0.25, 0.3) is 55.6 Å². The van der Waals surface area contributed by atoms with Crippen LogP contribution in [-0.4, -0.2) is 0 Å². The second kappa shape index (κ2) is 14.3. The molecule has 0 aromatic heterocycles. The molecule has 8 aromatic rings. The van der Waals surface area contributed by atoms with Crippen molar-refractivity contribution in [3.63, 3.8) is 0 Å². The number of hydrogen-bond donors (Lipinski definition) is 0. The topological polar surface area (TPSA) is 27.0 Å². The molecule has 314 valence electrons. The Labute approximate surface area is 383 Å². The first kappa shape index (κ1) is 38.5. The number of nitrogens with zero attached hydrogens (tertiary/aromatic N) is 2. The number of rotatable bonds is 6. The molecule has 2 heteroatoms. The maximum absolute atomic E-state index is 11.3. The van der Waals surface area contributed by atoms with Gasteiger partial charge in [0.1, 0.15) is 0 Å². The summed E-state index contributed by atoms with van der Waals surface area (Å²) in [4.78, 5) is 2.45. The first-order valence-corrected chi connectivity index (χ1v) is 23.9. The van der Waals surface area contributed by atoms with Crippen LogP contribution in [0.3, 0.4) is 0 Å². The molecule has 0 radical (unpaired) electrons. The van der Waals surface area contributed by atoms with Crippen LogP contribution in [-0.2, 0) is 10.8 Å². The zero-order valence-electron chi connectivity index (χ0n) is 37.5. The van der Waals surface area contributed by atoms with Crippen molar-refractivity contribution >= 4 is 17.1 Å². The summed E-state index contributed by atoms with van der Waals surface area (Å²) in [7, 11) is 0. The summed E-state index contributed by atoms with van der Waals surface area (Å²) < 4.78 is 0. The van der Waals surface area contributed by atoms with Crippen LogP contribution < -0.4 is 4.90 Å². The normalized spacial score (nSPS) is 22.2. The Morgan fingerprint density at radius 3 is 1.66 bits per heavy atom. The molecule has 4 fully saturated rings. The van der Waals surface area contributed by atoms with Gasteiger partial charge in [-0.1, -0.05) is 153 Å². The standard InChI is InChI=1S/C63H52N2/c1-39-19-21-43(22-20-39)45-25-29-51(30-26-45)65(50-27-23-44(24-28-50)42-11-5-4-6-12-42)58-18-10-17-57-59(58)54-15-9-14-52(61(54)62(57,2)3)46-36-47(38-64)60-55(37-46)53-13-7-8-16-56(53)63(60)48-32-40-31-41(34-48)35-49(63)33-40/h4-30,36-37,40-41,48-49H,31-35H2,1-3H3. The Hall–Kier alpha value is -6.95. The van der Waals surface area contributed by atoms with Crippen molar-refractivity contribution in [3.8, 4) is 61.7 Å². The van der Waals surface area contributed by atoms with Crippen molar-refractivity contribution < 1.29 is 0 Å². The molecule has 8 aromatic carbocycles. The van der Waals surface area contributed by atoms with Gasteiger partial charge < -0.3 is 4.90 Å². The molecule has 14 rings (SSSR count). The maximum atomic E-state index is 11.3. The van der Waals surface area contributed by atoms with E-state index in [9.17, 15) is 5.26 Å². The van der Waals surface area contributed by atoms with Crippen LogP contribution in [0.5, 0.6) is 0 Å². The number of fused-ring (bicyclic) bond motifs is 6. The molecule has 6 aliphatic rings. The molecular formula is C63H52N2. The average molecular weight is 837 g/mol. The van der Waals surface area contributed by atoms with Crippen molar-refractivity contribution in [1.29, 1.82) is 5.26 Å². The Kier molecular flexibility index (Phi) is 8.46. The molecule has 0 unspecified atom stereocenters. The second-order valence-electron chi connectivity index (χ2n) is 20.5. The lowest BCUT2D eigenvalue weighted by molar-refractivity contribution is -0.0400. The molecule has 0 heterocycles. The molecular weight excluding hydrogens is 785 g/mol. The summed E-state index contributed by atoms with van der Waals surface area (Å²) in [5.74, 6) is 2.94. The molecule has 0 atom stereocenters. The number of aryl methyl sites for hydroxylation is 1. The zero-order valence-corrected chi connectivity index (χ0v) is 37.5. The van der Waals surface area contributed by atoms with Crippen molar-refractivity contribution in [3.05, 3.63) is 209 Å². The van der Waals surface area contributed by atoms with Gasteiger partial charge in [-0.05, 0) is 177 Å². The first-order valence-electron chi connectivity index (χ1n) is 23.9. The van der Waals surface area contributed by atoms with Gasteiger partial charge in [0, 0.05) is 27.8 Å². The maximum Gasteiger partial charge on any atom is 0.0995 e. The summed E-state index contributed by atoms with van der Waals surface area (Å²) >= 11 is 0. The van der Waals surface area contributed by atoms with Crippen LogP contribution in [0.15, 0.2) is 176 Å². The van der Waals surface area contributed by atoms with Gasteiger partial charge in [0.25, 0.3) is 0 Å². The largest absolute Gasteiger partial charge is 0.310 e. The number of anilines is 3. The molecule has 2 nitrogen and oxygen atoms in total. The summed E-state index contributed by atoms with van der Waals surface area (Å²) in [5.41, 5.74) is 23.0. The lowest BCUT2D eigenvalue weighted by atomic mass is 9.43. The molecule has 4 saturated carbocycles. The van der Waals surface area contributed by atoms with E-state index in [2.05, 4.69) is 208 Å². The van der Waals surface area contributed by atoms with Gasteiger partial charge in [-0.15, -0.1) is 0 Å². The fourth-order valence-electron chi connectivity index (χ4n) is 14.3. The SMILES string of the molecule is Cc1ccc(-c2ccc(N(c3ccc(-c4ccccc4)cc3)c3cccc4c3-c3cccc(-c5cc(C#N)c6c(c5)-c5ccccc5C65C6CC7CC(C6)CC5C7)c3C4(C)C)cc2)cc1. The average Bonchev–Trinajstić information content (AvgIpc) is 3.77.